The third-order valence-corrected chi connectivity index (χ3v) is 4.62. The van der Waals surface area contributed by atoms with Crippen LogP contribution in [0.1, 0.15) is 39.0 Å². The van der Waals surface area contributed by atoms with Crippen LogP contribution in [0, 0.1) is 10.8 Å². The standard InChI is InChI=1S/C13H23N3O3/c1-12(3-2-4-12)9-15-11(17)13(10(14)16-18)5-7-19-8-6-13/h18H,2-9H2,1H3,(H2,14,16)(H,15,17). The molecule has 1 aliphatic carbocycles. The predicted molar refractivity (Wildman–Crippen MR) is 70.9 cm³/mol. The van der Waals surface area contributed by atoms with Gasteiger partial charge in [0.25, 0.3) is 0 Å². The SMILES string of the molecule is CC1(CNC(=O)C2(C(N)=NO)CCOCC2)CCC1. The molecule has 2 rings (SSSR count). The van der Waals surface area contributed by atoms with Crippen LogP contribution in [0.15, 0.2) is 5.16 Å². The lowest BCUT2D eigenvalue weighted by Gasteiger charge is -2.40. The summed E-state index contributed by atoms with van der Waals surface area (Å²) in [4.78, 5) is 12.5. The Kier molecular flexibility index (Phi) is 3.99. The predicted octanol–water partition coefficient (Wildman–Crippen LogP) is 0.836. The highest BCUT2D eigenvalue weighted by atomic mass is 16.5. The fourth-order valence-corrected chi connectivity index (χ4v) is 2.84. The Morgan fingerprint density at radius 3 is 2.47 bits per heavy atom. The number of oxime groups is 1. The molecular weight excluding hydrogens is 246 g/mol. The third-order valence-electron chi connectivity index (χ3n) is 4.62. The number of hydrogen-bond acceptors (Lipinski definition) is 4. The van der Waals surface area contributed by atoms with Crippen molar-refractivity contribution in [2.45, 2.75) is 39.0 Å². The molecule has 6 nitrogen and oxygen atoms in total. The van der Waals surface area contributed by atoms with Crippen molar-refractivity contribution in [2.75, 3.05) is 19.8 Å². The number of amides is 1. The molecule has 2 aliphatic rings. The number of carbonyl (C=O) groups excluding carboxylic acids is 1. The number of nitrogens with one attached hydrogen (secondary N) is 1. The highest BCUT2D eigenvalue weighted by molar-refractivity contribution is 6.06. The smallest absolute Gasteiger partial charge is 0.234 e. The number of rotatable bonds is 4. The number of amidine groups is 1. The van der Waals surface area contributed by atoms with Crippen LogP contribution < -0.4 is 11.1 Å². The average molecular weight is 269 g/mol. The molecule has 2 fully saturated rings. The number of ether oxygens (including phenoxy) is 1. The molecule has 0 radical (unpaired) electrons. The molecule has 0 unspecified atom stereocenters. The van der Waals surface area contributed by atoms with Gasteiger partial charge in [0.05, 0.1) is 0 Å². The molecule has 0 spiro atoms. The van der Waals surface area contributed by atoms with Gasteiger partial charge < -0.3 is 21.0 Å². The molecule has 19 heavy (non-hydrogen) atoms. The summed E-state index contributed by atoms with van der Waals surface area (Å²) in [7, 11) is 0. The first-order chi connectivity index (χ1) is 9.02. The summed E-state index contributed by atoms with van der Waals surface area (Å²) in [5.74, 6) is -0.147. The minimum atomic E-state index is -0.910. The van der Waals surface area contributed by atoms with Crippen LogP contribution in [-0.2, 0) is 9.53 Å². The van der Waals surface area contributed by atoms with Crippen LogP contribution in [0.5, 0.6) is 0 Å². The van der Waals surface area contributed by atoms with E-state index in [0.717, 1.165) is 12.8 Å². The van der Waals surface area contributed by atoms with E-state index in [1.807, 2.05) is 0 Å². The van der Waals surface area contributed by atoms with Crippen molar-refractivity contribution in [3.05, 3.63) is 0 Å². The molecule has 1 saturated heterocycles. The number of hydrogen-bond donors (Lipinski definition) is 3. The Morgan fingerprint density at radius 2 is 2.00 bits per heavy atom. The summed E-state index contributed by atoms with van der Waals surface area (Å²) in [6, 6.07) is 0. The Morgan fingerprint density at radius 1 is 1.37 bits per heavy atom. The van der Waals surface area contributed by atoms with E-state index in [0.29, 0.717) is 32.6 Å². The van der Waals surface area contributed by atoms with Crippen molar-refractivity contribution in [3.63, 3.8) is 0 Å². The zero-order chi connectivity index (χ0) is 13.9. The molecule has 1 aliphatic heterocycles. The lowest BCUT2D eigenvalue weighted by Crippen LogP contribution is -2.54. The van der Waals surface area contributed by atoms with Crippen molar-refractivity contribution < 1.29 is 14.7 Å². The van der Waals surface area contributed by atoms with Gasteiger partial charge in [-0.25, -0.2) is 0 Å². The van der Waals surface area contributed by atoms with Crippen molar-refractivity contribution in [2.24, 2.45) is 21.7 Å². The Labute approximate surface area is 113 Å². The molecule has 4 N–H and O–H groups in total. The van der Waals surface area contributed by atoms with Gasteiger partial charge in [-0.1, -0.05) is 18.5 Å². The van der Waals surface area contributed by atoms with Crippen molar-refractivity contribution in [1.29, 1.82) is 0 Å². The van der Waals surface area contributed by atoms with Crippen LogP contribution in [0.25, 0.3) is 0 Å². The molecule has 0 atom stereocenters. The molecule has 1 saturated carbocycles. The van der Waals surface area contributed by atoms with Gasteiger partial charge in [0.2, 0.25) is 5.91 Å². The van der Waals surface area contributed by atoms with Gasteiger partial charge in [0, 0.05) is 19.8 Å². The van der Waals surface area contributed by atoms with Gasteiger partial charge in [-0.3, -0.25) is 4.79 Å². The molecule has 1 amide bonds. The first-order valence-corrected chi connectivity index (χ1v) is 6.87. The van der Waals surface area contributed by atoms with Gasteiger partial charge in [-0.15, -0.1) is 0 Å². The zero-order valence-corrected chi connectivity index (χ0v) is 11.4. The first kappa shape index (κ1) is 14.1. The van der Waals surface area contributed by atoms with Crippen LogP contribution in [-0.4, -0.2) is 36.7 Å². The largest absolute Gasteiger partial charge is 0.409 e. The van der Waals surface area contributed by atoms with Gasteiger partial charge >= 0.3 is 0 Å². The van der Waals surface area contributed by atoms with Crippen LogP contribution in [0.3, 0.4) is 0 Å². The fraction of sp³-hybridized carbons (Fsp3) is 0.846. The molecule has 0 aromatic rings. The second kappa shape index (κ2) is 5.36. The average Bonchev–Trinajstić information content (AvgIpc) is 2.42. The van der Waals surface area contributed by atoms with E-state index in [-0.39, 0.29) is 17.2 Å². The van der Waals surface area contributed by atoms with Gasteiger partial charge in [-0.2, -0.15) is 0 Å². The second-order valence-corrected chi connectivity index (χ2v) is 6.03. The van der Waals surface area contributed by atoms with Gasteiger partial charge in [0.1, 0.15) is 5.41 Å². The summed E-state index contributed by atoms with van der Waals surface area (Å²) in [6.45, 7) is 3.76. The minimum absolute atomic E-state index is 0.00735. The molecular formula is C13H23N3O3. The highest BCUT2D eigenvalue weighted by Crippen LogP contribution is 2.40. The number of nitrogens with two attached hydrogens (primary N) is 1. The van der Waals surface area contributed by atoms with E-state index in [1.165, 1.54) is 6.42 Å². The van der Waals surface area contributed by atoms with E-state index in [2.05, 4.69) is 17.4 Å². The van der Waals surface area contributed by atoms with E-state index in [1.54, 1.807) is 0 Å². The van der Waals surface area contributed by atoms with E-state index in [4.69, 9.17) is 15.7 Å². The van der Waals surface area contributed by atoms with Crippen molar-refractivity contribution in [3.8, 4) is 0 Å². The molecule has 0 bridgehead atoms. The normalized spacial score (nSPS) is 25.4. The minimum Gasteiger partial charge on any atom is -0.409 e. The van der Waals surface area contributed by atoms with E-state index < -0.39 is 5.41 Å². The highest BCUT2D eigenvalue weighted by Gasteiger charge is 2.45. The molecule has 6 heteroatoms. The quantitative estimate of drug-likeness (QED) is 0.305. The first-order valence-electron chi connectivity index (χ1n) is 6.87. The molecule has 0 aromatic heterocycles. The Bertz CT molecular complexity index is 371. The van der Waals surface area contributed by atoms with Gasteiger partial charge in [0.15, 0.2) is 5.84 Å². The summed E-state index contributed by atoms with van der Waals surface area (Å²) in [5, 5.41) is 15.0. The van der Waals surface area contributed by atoms with E-state index in [9.17, 15) is 4.79 Å². The maximum absolute atomic E-state index is 12.5. The molecule has 0 aromatic carbocycles. The fourth-order valence-electron chi connectivity index (χ4n) is 2.84. The van der Waals surface area contributed by atoms with E-state index >= 15 is 0 Å². The second-order valence-electron chi connectivity index (χ2n) is 6.03. The maximum Gasteiger partial charge on any atom is 0.234 e. The van der Waals surface area contributed by atoms with Crippen LogP contribution >= 0.6 is 0 Å². The summed E-state index contributed by atoms with van der Waals surface area (Å²) >= 11 is 0. The zero-order valence-electron chi connectivity index (χ0n) is 11.4. The number of nitrogens with zero attached hydrogens (tertiary/aromatic N) is 1. The lowest BCUT2D eigenvalue weighted by molar-refractivity contribution is -0.132. The Hall–Kier alpha value is -1.30. The summed E-state index contributed by atoms with van der Waals surface area (Å²) in [5.41, 5.74) is 5.06. The lowest BCUT2D eigenvalue weighted by atomic mass is 9.70. The van der Waals surface area contributed by atoms with Gasteiger partial charge in [-0.05, 0) is 31.1 Å². The maximum atomic E-state index is 12.5. The third kappa shape index (κ3) is 2.68. The van der Waals surface area contributed by atoms with Crippen molar-refractivity contribution >= 4 is 11.7 Å². The topological polar surface area (TPSA) is 96.9 Å². The summed E-state index contributed by atoms with van der Waals surface area (Å²) < 4.78 is 5.28. The monoisotopic (exact) mass is 269 g/mol. The van der Waals surface area contributed by atoms with Crippen molar-refractivity contribution in [1.82, 2.24) is 5.32 Å². The molecule has 108 valence electrons. The Balaban J connectivity index is 2.03. The van der Waals surface area contributed by atoms with Crippen LogP contribution in [0.4, 0.5) is 0 Å². The van der Waals surface area contributed by atoms with Crippen LogP contribution in [0.2, 0.25) is 0 Å². The molecule has 1 heterocycles. The summed E-state index contributed by atoms with van der Waals surface area (Å²) in [6.07, 6.45) is 4.45. The number of carbonyl (C=O) groups is 1.